The molecule has 1 aromatic carbocycles. The molecule has 1 heterocycles. The van der Waals surface area contributed by atoms with Crippen molar-refractivity contribution in [2.45, 2.75) is 13.5 Å². The van der Waals surface area contributed by atoms with Crippen LogP contribution in [0.5, 0.6) is 0 Å². The molecule has 1 unspecified atom stereocenters. The van der Waals surface area contributed by atoms with Crippen molar-refractivity contribution in [3.8, 4) is 0 Å². The summed E-state index contributed by atoms with van der Waals surface area (Å²) in [6.45, 7) is 7.15. The fraction of sp³-hybridized carbons (Fsp3) is 0.562. The summed E-state index contributed by atoms with van der Waals surface area (Å²) in [4.78, 5) is 16.6. The molecule has 4 nitrogen and oxygen atoms in total. The van der Waals surface area contributed by atoms with E-state index in [4.69, 9.17) is 11.6 Å². The molecule has 1 fully saturated rings. The third-order valence-electron chi connectivity index (χ3n) is 3.94. The monoisotopic (exact) mass is 309 g/mol. The molecule has 1 aliphatic rings. The Labute approximate surface area is 132 Å². The first-order valence-corrected chi connectivity index (χ1v) is 7.88. The molecular weight excluding hydrogens is 286 g/mol. The Kier molecular flexibility index (Phi) is 6.03. The standard InChI is InChI=1S/C16H24ClN3O/c1-13(11-18-2)16(21)20-9-7-19(8-10-20)12-14-3-5-15(17)6-4-14/h3-6,13,18H,7-12H2,1-2H3. The van der Waals surface area contributed by atoms with E-state index >= 15 is 0 Å². The number of piperazine rings is 1. The van der Waals surface area contributed by atoms with Crippen LogP contribution in [-0.2, 0) is 11.3 Å². The molecule has 2 rings (SSSR count). The van der Waals surface area contributed by atoms with Crippen LogP contribution in [0.1, 0.15) is 12.5 Å². The second-order valence-corrected chi connectivity index (χ2v) is 6.12. The summed E-state index contributed by atoms with van der Waals surface area (Å²) in [6.07, 6.45) is 0. The number of hydrogen-bond acceptors (Lipinski definition) is 3. The normalized spacial score (nSPS) is 17.8. The van der Waals surface area contributed by atoms with Gasteiger partial charge in [0.05, 0.1) is 0 Å². The van der Waals surface area contributed by atoms with Crippen molar-refractivity contribution >= 4 is 17.5 Å². The van der Waals surface area contributed by atoms with Gasteiger partial charge in [0.25, 0.3) is 0 Å². The number of hydrogen-bond donors (Lipinski definition) is 1. The highest BCUT2D eigenvalue weighted by atomic mass is 35.5. The van der Waals surface area contributed by atoms with Gasteiger partial charge in [0, 0.05) is 50.2 Å². The van der Waals surface area contributed by atoms with Crippen LogP contribution in [0, 0.1) is 5.92 Å². The van der Waals surface area contributed by atoms with Gasteiger partial charge in [-0.2, -0.15) is 0 Å². The SMILES string of the molecule is CNCC(C)C(=O)N1CCN(Cc2ccc(Cl)cc2)CC1. The summed E-state index contributed by atoms with van der Waals surface area (Å²) in [7, 11) is 1.88. The highest BCUT2D eigenvalue weighted by Gasteiger charge is 2.24. The molecule has 5 heteroatoms. The lowest BCUT2D eigenvalue weighted by atomic mass is 10.1. The van der Waals surface area contributed by atoms with Gasteiger partial charge in [0.1, 0.15) is 0 Å². The maximum absolute atomic E-state index is 12.2. The van der Waals surface area contributed by atoms with Crippen molar-refractivity contribution in [2.24, 2.45) is 5.92 Å². The highest BCUT2D eigenvalue weighted by molar-refractivity contribution is 6.30. The largest absolute Gasteiger partial charge is 0.340 e. The first kappa shape index (κ1) is 16.3. The number of nitrogens with zero attached hydrogens (tertiary/aromatic N) is 2. The first-order valence-electron chi connectivity index (χ1n) is 7.50. The summed E-state index contributed by atoms with van der Waals surface area (Å²) < 4.78 is 0. The molecule has 0 aliphatic carbocycles. The fourth-order valence-electron chi connectivity index (χ4n) is 2.68. The molecule has 21 heavy (non-hydrogen) atoms. The van der Waals surface area contributed by atoms with Crippen LogP contribution in [0.4, 0.5) is 0 Å². The highest BCUT2D eigenvalue weighted by Crippen LogP contribution is 2.13. The van der Waals surface area contributed by atoms with Crippen molar-refractivity contribution in [3.05, 3.63) is 34.9 Å². The maximum Gasteiger partial charge on any atom is 0.226 e. The second-order valence-electron chi connectivity index (χ2n) is 5.69. The van der Waals surface area contributed by atoms with Gasteiger partial charge in [0.2, 0.25) is 5.91 Å². The zero-order valence-corrected chi connectivity index (χ0v) is 13.6. The molecule has 0 bridgehead atoms. The van der Waals surface area contributed by atoms with Gasteiger partial charge >= 0.3 is 0 Å². The number of rotatable bonds is 5. The van der Waals surface area contributed by atoms with Gasteiger partial charge in [-0.15, -0.1) is 0 Å². The average molecular weight is 310 g/mol. The summed E-state index contributed by atoms with van der Waals surface area (Å²) in [6, 6.07) is 7.98. The average Bonchev–Trinajstić information content (AvgIpc) is 2.50. The molecule has 1 aliphatic heterocycles. The Morgan fingerprint density at radius 3 is 2.43 bits per heavy atom. The van der Waals surface area contributed by atoms with Crippen LogP contribution in [0.15, 0.2) is 24.3 Å². The molecule has 116 valence electrons. The molecule has 0 spiro atoms. The van der Waals surface area contributed by atoms with Crippen LogP contribution >= 0.6 is 11.6 Å². The van der Waals surface area contributed by atoms with E-state index in [2.05, 4.69) is 22.3 Å². The van der Waals surface area contributed by atoms with E-state index in [1.807, 2.05) is 31.0 Å². The number of amides is 1. The fourth-order valence-corrected chi connectivity index (χ4v) is 2.81. The molecule has 1 saturated heterocycles. The van der Waals surface area contributed by atoms with Crippen LogP contribution in [-0.4, -0.2) is 55.5 Å². The van der Waals surface area contributed by atoms with E-state index < -0.39 is 0 Å². The topological polar surface area (TPSA) is 35.6 Å². The Hall–Kier alpha value is -1.10. The zero-order valence-electron chi connectivity index (χ0n) is 12.8. The van der Waals surface area contributed by atoms with E-state index in [0.29, 0.717) is 0 Å². The molecule has 1 N–H and O–H groups in total. The molecule has 1 atom stereocenters. The predicted octanol–water partition coefficient (Wildman–Crippen LogP) is 1.84. The van der Waals surface area contributed by atoms with Gasteiger partial charge in [-0.05, 0) is 24.7 Å². The molecule has 0 radical (unpaired) electrons. The van der Waals surface area contributed by atoms with E-state index in [1.165, 1.54) is 5.56 Å². The van der Waals surface area contributed by atoms with Gasteiger partial charge in [-0.3, -0.25) is 9.69 Å². The summed E-state index contributed by atoms with van der Waals surface area (Å²) >= 11 is 5.90. The van der Waals surface area contributed by atoms with Crippen LogP contribution in [0.25, 0.3) is 0 Å². The van der Waals surface area contributed by atoms with Crippen molar-refractivity contribution in [3.63, 3.8) is 0 Å². The number of nitrogens with one attached hydrogen (secondary N) is 1. The lowest BCUT2D eigenvalue weighted by Gasteiger charge is -2.36. The van der Waals surface area contributed by atoms with Gasteiger partial charge < -0.3 is 10.2 Å². The lowest BCUT2D eigenvalue weighted by Crippen LogP contribution is -2.50. The Bertz CT molecular complexity index is 455. The maximum atomic E-state index is 12.2. The Morgan fingerprint density at radius 2 is 1.86 bits per heavy atom. The number of benzene rings is 1. The summed E-state index contributed by atoms with van der Waals surface area (Å²) in [5.41, 5.74) is 1.27. The number of halogens is 1. The summed E-state index contributed by atoms with van der Waals surface area (Å²) in [5, 5.41) is 3.84. The lowest BCUT2D eigenvalue weighted by molar-refractivity contribution is -0.136. The molecule has 1 aromatic rings. The second kappa shape index (κ2) is 7.78. The molecule has 1 amide bonds. The van der Waals surface area contributed by atoms with Crippen LogP contribution in [0.2, 0.25) is 5.02 Å². The quantitative estimate of drug-likeness (QED) is 0.901. The Balaban J connectivity index is 1.80. The number of carbonyl (C=O) groups excluding carboxylic acids is 1. The molecule has 0 aromatic heterocycles. The molecule has 0 saturated carbocycles. The minimum atomic E-state index is 0.0535. The smallest absolute Gasteiger partial charge is 0.226 e. The van der Waals surface area contributed by atoms with Gasteiger partial charge in [0.15, 0.2) is 0 Å². The zero-order chi connectivity index (χ0) is 15.2. The van der Waals surface area contributed by atoms with E-state index in [1.54, 1.807) is 0 Å². The van der Waals surface area contributed by atoms with Crippen LogP contribution in [0.3, 0.4) is 0 Å². The predicted molar refractivity (Wildman–Crippen MR) is 86.4 cm³/mol. The van der Waals surface area contributed by atoms with Gasteiger partial charge in [-0.25, -0.2) is 0 Å². The van der Waals surface area contributed by atoms with Crippen LogP contribution < -0.4 is 5.32 Å². The summed E-state index contributed by atoms with van der Waals surface area (Å²) in [5.74, 6) is 0.313. The van der Waals surface area contributed by atoms with E-state index in [0.717, 1.165) is 44.3 Å². The Morgan fingerprint density at radius 1 is 1.24 bits per heavy atom. The van der Waals surface area contributed by atoms with E-state index in [9.17, 15) is 4.79 Å². The molecular formula is C16H24ClN3O. The van der Waals surface area contributed by atoms with E-state index in [-0.39, 0.29) is 11.8 Å². The first-order chi connectivity index (χ1) is 10.1. The minimum Gasteiger partial charge on any atom is -0.340 e. The minimum absolute atomic E-state index is 0.0535. The van der Waals surface area contributed by atoms with Crippen molar-refractivity contribution in [1.82, 2.24) is 15.1 Å². The third-order valence-corrected chi connectivity index (χ3v) is 4.19. The van der Waals surface area contributed by atoms with Crippen molar-refractivity contribution in [1.29, 1.82) is 0 Å². The van der Waals surface area contributed by atoms with Gasteiger partial charge in [-0.1, -0.05) is 30.7 Å². The number of carbonyl (C=O) groups is 1. The van der Waals surface area contributed by atoms with Crippen molar-refractivity contribution in [2.75, 3.05) is 39.8 Å². The third kappa shape index (κ3) is 4.70. The van der Waals surface area contributed by atoms with Crippen molar-refractivity contribution < 1.29 is 4.79 Å².